The lowest BCUT2D eigenvalue weighted by atomic mass is 10.1. The molecule has 0 radical (unpaired) electrons. The number of pyridine rings is 1. The number of urea groups is 1. The van der Waals surface area contributed by atoms with Crippen molar-refractivity contribution in [3.63, 3.8) is 0 Å². The Hall–Kier alpha value is -3.59. The summed E-state index contributed by atoms with van der Waals surface area (Å²) in [5.41, 5.74) is 8.86. The minimum absolute atomic E-state index is 0.117. The molecule has 0 unspecified atom stereocenters. The molecule has 3 aromatic rings. The van der Waals surface area contributed by atoms with E-state index >= 15 is 0 Å². The van der Waals surface area contributed by atoms with Gasteiger partial charge in [-0.3, -0.25) is 4.79 Å². The van der Waals surface area contributed by atoms with Gasteiger partial charge in [-0.15, -0.1) is 11.3 Å². The number of anilines is 3. The van der Waals surface area contributed by atoms with Crippen molar-refractivity contribution in [3.05, 3.63) is 59.1 Å². The normalized spacial score (nSPS) is 10.3. The summed E-state index contributed by atoms with van der Waals surface area (Å²) in [5.74, 6) is 0.322. The Labute approximate surface area is 178 Å². The van der Waals surface area contributed by atoms with Gasteiger partial charge < -0.3 is 27.0 Å². The second-order valence-electron chi connectivity index (χ2n) is 6.44. The number of carbonyl (C=O) groups excluding carboxylic acids is 2. The van der Waals surface area contributed by atoms with Gasteiger partial charge in [0.1, 0.15) is 10.7 Å². The minimum atomic E-state index is -0.313. The van der Waals surface area contributed by atoms with Gasteiger partial charge in [0.2, 0.25) is 0 Å². The number of hydrogen-bond acceptors (Lipinski definition) is 6. The van der Waals surface area contributed by atoms with Crippen molar-refractivity contribution in [2.75, 3.05) is 30.0 Å². The molecule has 3 rings (SSSR count). The molecule has 0 spiro atoms. The average molecular weight is 425 g/mol. The SMILES string of the molecule is CCNc1cc(-c2ccc(NC(=O)NCc3ccc(N)nc3)cc2)sc1C(=O)NC. The standard InChI is InChI=1S/C21H24N6O2S/c1-3-24-16-10-17(30-19(16)20(28)23-2)14-5-7-15(8-6-14)27-21(29)26-12-13-4-9-18(22)25-11-13/h4-11,24H,3,12H2,1-2H3,(H2,22,25)(H,23,28)(H2,26,27,29). The number of nitrogens with zero attached hydrogens (tertiary/aromatic N) is 1. The van der Waals surface area contributed by atoms with Crippen LogP contribution in [0.4, 0.5) is 22.0 Å². The number of benzene rings is 1. The molecule has 0 aliphatic carbocycles. The molecular formula is C21H24N6O2S. The highest BCUT2D eigenvalue weighted by atomic mass is 32.1. The predicted octanol–water partition coefficient (Wildman–Crippen LogP) is 3.51. The molecule has 6 N–H and O–H groups in total. The first-order valence-electron chi connectivity index (χ1n) is 9.45. The highest BCUT2D eigenvalue weighted by Crippen LogP contribution is 2.35. The third kappa shape index (κ3) is 5.26. The minimum Gasteiger partial charge on any atom is -0.384 e. The van der Waals surface area contributed by atoms with Crippen LogP contribution in [-0.2, 0) is 6.54 Å². The topological polar surface area (TPSA) is 121 Å². The van der Waals surface area contributed by atoms with Crippen molar-refractivity contribution in [1.82, 2.24) is 15.6 Å². The zero-order valence-electron chi connectivity index (χ0n) is 16.8. The van der Waals surface area contributed by atoms with E-state index in [0.717, 1.165) is 28.2 Å². The molecule has 0 atom stereocenters. The summed E-state index contributed by atoms with van der Waals surface area (Å²) in [6, 6.07) is 12.6. The summed E-state index contributed by atoms with van der Waals surface area (Å²) in [5, 5.41) is 11.5. The number of nitrogen functional groups attached to an aromatic ring is 1. The van der Waals surface area contributed by atoms with Crippen molar-refractivity contribution in [2.45, 2.75) is 13.5 Å². The molecule has 2 aromatic heterocycles. The Morgan fingerprint density at radius 3 is 2.53 bits per heavy atom. The number of nitrogens with two attached hydrogens (primary N) is 1. The highest BCUT2D eigenvalue weighted by Gasteiger charge is 2.16. The fourth-order valence-corrected chi connectivity index (χ4v) is 3.84. The summed E-state index contributed by atoms with van der Waals surface area (Å²) in [6.07, 6.45) is 1.63. The molecule has 0 fully saturated rings. The summed E-state index contributed by atoms with van der Waals surface area (Å²) in [7, 11) is 1.62. The first-order valence-corrected chi connectivity index (χ1v) is 10.3. The fourth-order valence-electron chi connectivity index (χ4n) is 2.75. The first-order chi connectivity index (χ1) is 14.5. The van der Waals surface area contributed by atoms with Crippen LogP contribution in [0.15, 0.2) is 48.7 Å². The molecule has 0 aliphatic rings. The largest absolute Gasteiger partial charge is 0.384 e. The summed E-state index contributed by atoms with van der Waals surface area (Å²) in [4.78, 5) is 29.8. The van der Waals surface area contributed by atoms with Crippen LogP contribution in [-0.4, -0.2) is 30.5 Å². The molecule has 0 bridgehead atoms. The quantitative estimate of drug-likeness (QED) is 0.397. The van der Waals surface area contributed by atoms with Crippen molar-refractivity contribution in [3.8, 4) is 10.4 Å². The predicted molar refractivity (Wildman–Crippen MR) is 122 cm³/mol. The second-order valence-corrected chi connectivity index (χ2v) is 7.49. The van der Waals surface area contributed by atoms with Gasteiger partial charge in [0.25, 0.3) is 5.91 Å². The molecule has 3 amide bonds. The Kier molecular flexibility index (Phi) is 6.87. The van der Waals surface area contributed by atoms with E-state index in [1.165, 1.54) is 11.3 Å². The van der Waals surface area contributed by atoms with Crippen LogP contribution < -0.4 is 27.0 Å². The molecule has 2 heterocycles. The van der Waals surface area contributed by atoms with Crippen LogP contribution in [0.25, 0.3) is 10.4 Å². The van der Waals surface area contributed by atoms with E-state index in [9.17, 15) is 9.59 Å². The van der Waals surface area contributed by atoms with E-state index in [2.05, 4.69) is 26.3 Å². The number of aromatic nitrogens is 1. The first kappa shape index (κ1) is 21.1. The monoisotopic (exact) mass is 424 g/mol. The van der Waals surface area contributed by atoms with Gasteiger partial charge >= 0.3 is 6.03 Å². The third-order valence-corrected chi connectivity index (χ3v) is 5.44. The summed E-state index contributed by atoms with van der Waals surface area (Å²) < 4.78 is 0. The van der Waals surface area contributed by atoms with Crippen LogP contribution >= 0.6 is 11.3 Å². The third-order valence-electron chi connectivity index (χ3n) is 4.26. The average Bonchev–Trinajstić information content (AvgIpc) is 3.17. The fraction of sp³-hybridized carbons (Fsp3) is 0.190. The van der Waals surface area contributed by atoms with E-state index in [0.29, 0.717) is 22.9 Å². The maximum absolute atomic E-state index is 12.1. The molecule has 0 saturated heterocycles. The van der Waals surface area contributed by atoms with Gasteiger partial charge in [0.15, 0.2) is 0 Å². The number of amides is 3. The Morgan fingerprint density at radius 1 is 1.13 bits per heavy atom. The molecule has 1 aromatic carbocycles. The molecule has 0 saturated carbocycles. The van der Waals surface area contributed by atoms with E-state index in [4.69, 9.17) is 5.73 Å². The maximum Gasteiger partial charge on any atom is 0.319 e. The van der Waals surface area contributed by atoms with Crippen molar-refractivity contribution in [1.29, 1.82) is 0 Å². The van der Waals surface area contributed by atoms with Gasteiger partial charge in [-0.05, 0) is 42.3 Å². The summed E-state index contributed by atoms with van der Waals surface area (Å²) in [6.45, 7) is 3.06. The molecular weight excluding hydrogens is 400 g/mol. The van der Waals surface area contributed by atoms with Crippen LogP contribution in [0.1, 0.15) is 22.2 Å². The van der Waals surface area contributed by atoms with Gasteiger partial charge in [0.05, 0.1) is 5.69 Å². The Balaban J connectivity index is 1.63. The van der Waals surface area contributed by atoms with Crippen LogP contribution in [0.3, 0.4) is 0 Å². The molecule has 9 heteroatoms. The Morgan fingerprint density at radius 2 is 1.90 bits per heavy atom. The lowest BCUT2D eigenvalue weighted by molar-refractivity contribution is 0.0968. The lowest BCUT2D eigenvalue weighted by Gasteiger charge is -2.08. The summed E-state index contributed by atoms with van der Waals surface area (Å²) >= 11 is 1.42. The molecule has 156 valence electrons. The molecule has 0 aliphatic heterocycles. The number of carbonyl (C=O) groups is 2. The van der Waals surface area contributed by atoms with Gasteiger partial charge in [-0.1, -0.05) is 18.2 Å². The van der Waals surface area contributed by atoms with Gasteiger partial charge in [0, 0.05) is 36.9 Å². The molecule has 8 nitrogen and oxygen atoms in total. The van der Waals surface area contributed by atoms with Crippen molar-refractivity contribution in [2.24, 2.45) is 0 Å². The number of hydrogen-bond donors (Lipinski definition) is 5. The smallest absolute Gasteiger partial charge is 0.319 e. The number of nitrogens with one attached hydrogen (secondary N) is 4. The number of rotatable bonds is 7. The number of thiophene rings is 1. The van der Waals surface area contributed by atoms with Gasteiger partial charge in [-0.25, -0.2) is 9.78 Å². The van der Waals surface area contributed by atoms with Crippen molar-refractivity contribution >= 4 is 40.5 Å². The zero-order chi connectivity index (χ0) is 21.5. The van der Waals surface area contributed by atoms with E-state index in [1.807, 2.05) is 43.3 Å². The Bertz CT molecular complexity index is 1010. The lowest BCUT2D eigenvalue weighted by Crippen LogP contribution is -2.28. The maximum atomic E-state index is 12.1. The van der Waals surface area contributed by atoms with Crippen molar-refractivity contribution < 1.29 is 9.59 Å². The highest BCUT2D eigenvalue weighted by molar-refractivity contribution is 7.18. The second kappa shape index (κ2) is 9.75. The molecule has 30 heavy (non-hydrogen) atoms. The van der Waals surface area contributed by atoms with E-state index in [1.54, 1.807) is 19.3 Å². The van der Waals surface area contributed by atoms with Crippen LogP contribution in [0.5, 0.6) is 0 Å². The van der Waals surface area contributed by atoms with Gasteiger partial charge in [-0.2, -0.15) is 0 Å². The van der Waals surface area contributed by atoms with Crippen LogP contribution in [0, 0.1) is 0 Å². The van der Waals surface area contributed by atoms with E-state index < -0.39 is 0 Å². The van der Waals surface area contributed by atoms with Crippen LogP contribution in [0.2, 0.25) is 0 Å². The van der Waals surface area contributed by atoms with E-state index in [-0.39, 0.29) is 11.9 Å². The zero-order valence-corrected chi connectivity index (χ0v) is 17.6.